The van der Waals surface area contributed by atoms with Gasteiger partial charge >= 0.3 is 0 Å². The first kappa shape index (κ1) is 21.3. The van der Waals surface area contributed by atoms with Crippen molar-refractivity contribution in [3.63, 3.8) is 0 Å². The summed E-state index contributed by atoms with van der Waals surface area (Å²) in [5.41, 5.74) is 5.79. The number of phenols is 1. The maximum atomic E-state index is 10.2. The number of hydrogen-bond donors (Lipinski definition) is 4. The van der Waals surface area contributed by atoms with Crippen molar-refractivity contribution in [3.8, 4) is 5.75 Å². The fourth-order valence-electron chi connectivity index (χ4n) is 2.86. The normalized spacial score (nSPS) is 10.8. The van der Waals surface area contributed by atoms with Crippen molar-refractivity contribution in [2.75, 3.05) is 16.1 Å². The van der Waals surface area contributed by atoms with Crippen molar-refractivity contribution in [3.05, 3.63) is 88.4 Å². The largest absolute Gasteiger partial charge is 0.507 e. The number of hydrazone groups is 1. The quantitative estimate of drug-likeness (QED) is 0.198. The molecule has 0 aliphatic carbocycles. The Morgan fingerprint density at radius 2 is 1.34 bits per heavy atom. The molecule has 4 rings (SSSR count). The Balaban J connectivity index is 1.59. The molecule has 0 saturated carbocycles. The Hall–Kier alpha value is -3.98. The first-order valence-electron chi connectivity index (χ1n) is 9.75. The highest BCUT2D eigenvalue weighted by Gasteiger charge is 2.08. The van der Waals surface area contributed by atoms with Crippen LogP contribution in [0, 0.1) is 6.92 Å². The lowest BCUT2D eigenvalue weighted by Crippen LogP contribution is -2.07. The van der Waals surface area contributed by atoms with Gasteiger partial charge in [-0.1, -0.05) is 52.3 Å². The number of aryl methyl sites for hydroxylation is 1. The monoisotopic (exact) mass is 489 g/mol. The van der Waals surface area contributed by atoms with Crippen molar-refractivity contribution >= 4 is 51.4 Å². The minimum atomic E-state index is 0.160. The van der Waals surface area contributed by atoms with E-state index in [4.69, 9.17) is 0 Å². The Bertz CT molecular complexity index is 1170. The average Bonchev–Trinajstić information content (AvgIpc) is 2.78. The highest BCUT2D eigenvalue weighted by molar-refractivity contribution is 9.10. The maximum absolute atomic E-state index is 10.2. The number of nitrogens with one attached hydrogen (secondary N) is 3. The molecule has 0 aliphatic rings. The van der Waals surface area contributed by atoms with Crippen molar-refractivity contribution < 1.29 is 5.11 Å². The van der Waals surface area contributed by atoms with Crippen molar-refractivity contribution in [1.82, 2.24) is 15.0 Å². The van der Waals surface area contributed by atoms with Gasteiger partial charge < -0.3 is 15.7 Å². The van der Waals surface area contributed by atoms with E-state index < -0.39 is 0 Å². The summed E-state index contributed by atoms with van der Waals surface area (Å²) in [5.74, 6) is 1.10. The number of rotatable bonds is 7. The first-order chi connectivity index (χ1) is 15.6. The van der Waals surface area contributed by atoms with E-state index in [1.807, 2.05) is 73.7 Å². The van der Waals surface area contributed by atoms with E-state index in [9.17, 15) is 5.11 Å². The van der Waals surface area contributed by atoms with E-state index in [2.05, 4.69) is 52.0 Å². The van der Waals surface area contributed by atoms with Gasteiger partial charge in [0, 0.05) is 21.4 Å². The standard InChI is InChI=1S/C23H20BrN7O/c1-15-12-17(24)13-16(20(15)32)14-25-31-23-29-21(26-18-8-4-2-5-9-18)28-22(30-23)27-19-10-6-3-7-11-19/h2-14,32H,1H3,(H3,26,27,28,29,30,31)/b25-14-. The van der Waals surface area contributed by atoms with E-state index in [0.717, 1.165) is 21.4 Å². The third-order valence-corrected chi connectivity index (χ3v) is 4.82. The summed E-state index contributed by atoms with van der Waals surface area (Å²) in [6, 6.07) is 22.8. The summed E-state index contributed by atoms with van der Waals surface area (Å²) in [7, 11) is 0. The predicted octanol–water partition coefficient (Wildman–Crippen LogP) is 5.58. The fraction of sp³-hybridized carbons (Fsp3) is 0.0435. The molecular formula is C23H20BrN7O. The molecule has 4 aromatic rings. The van der Waals surface area contributed by atoms with Gasteiger partial charge in [0.1, 0.15) is 5.75 Å². The van der Waals surface area contributed by atoms with E-state index in [1.54, 1.807) is 6.07 Å². The third-order valence-electron chi connectivity index (χ3n) is 4.36. The van der Waals surface area contributed by atoms with E-state index in [0.29, 0.717) is 17.5 Å². The third kappa shape index (κ3) is 5.58. The minimum Gasteiger partial charge on any atom is -0.507 e. The number of phenolic OH excluding ortho intramolecular Hbond substituents is 1. The lowest BCUT2D eigenvalue weighted by Gasteiger charge is -2.10. The van der Waals surface area contributed by atoms with Gasteiger partial charge in [-0.05, 0) is 48.9 Å². The van der Waals surface area contributed by atoms with Crippen LogP contribution in [0.5, 0.6) is 5.75 Å². The highest BCUT2D eigenvalue weighted by atomic mass is 79.9. The SMILES string of the molecule is Cc1cc(Br)cc(/C=N\Nc2nc(Nc3ccccc3)nc(Nc3ccccc3)n2)c1O. The van der Waals surface area contributed by atoms with E-state index >= 15 is 0 Å². The lowest BCUT2D eigenvalue weighted by atomic mass is 10.1. The molecule has 0 aliphatic heterocycles. The van der Waals surface area contributed by atoms with Gasteiger partial charge in [-0.2, -0.15) is 20.1 Å². The summed E-state index contributed by atoms with van der Waals surface area (Å²) in [5, 5.41) is 20.7. The van der Waals surface area contributed by atoms with Crippen LogP contribution in [0.25, 0.3) is 0 Å². The van der Waals surface area contributed by atoms with Crippen LogP contribution in [-0.2, 0) is 0 Å². The first-order valence-corrected chi connectivity index (χ1v) is 10.5. The van der Waals surface area contributed by atoms with Gasteiger partial charge in [0.05, 0.1) is 6.21 Å². The highest BCUT2D eigenvalue weighted by Crippen LogP contribution is 2.25. The Morgan fingerprint density at radius 3 is 1.91 bits per heavy atom. The second-order valence-corrected chi connectivity index (χ2v) is 7.73. The van der Waals surface area contributed by atoms with Gasteiger partial charge in [-0.15, -0.1) is 0 Å². The molecule has 0 amide bonds. The molecule has 3 aromatic carbocycles. The summed E-state index contributed by atoms with van der Waals surface area (Å²) < 4.78 is 0.845. The molecule has 0 bridgehead atoms. The molecule has 1 heterocycles. The molecule has 0 radical (unpaired) electrons. The van der Waals surface area contributed by atoms with Crippen molar-refractivity contribution in [1.29, 1.82) is 0 Å². The smallest absolute Gasteiger partial charge is 0.250 e. The van der Waals surface area contributed by atoms with Crippen LogP contribution < -0.4 is 16.1 Å². The summed E-state index contributed by atoms with van der Waals surface area (Å²) >= 11 is 3.42. The number of benzene rings is 3. The molecule has 0 fully saturated rings. The van der Waals surface area contributed by atoms with Crippen molar-refractivity contribution in [2.45, 2.75) is 6.92 Å². The van der Waals surface area contributed by atoms with Gasteiger partial charge in [-0.25, -0.2) is 5.43 Å². The lowest BCUT2D eigenvalue weighted by molar-refractivity contribution is 0.470. The van der Waals surface area contributed by atoms with Crippen LogP contribution in [0.4, 0.5) is 29.2 Å². The number of aromatic nitrogens is 3. The van der Waals surface area contributed by atoms with Crippen LogP contribution in [-0.4, -0.2) is 26.3 Å². The number of anilines is 5. The molecule has 0 spiro atoms. The second-order valence-electron chi connectivity index (χ2n) is 6.82. The van der Waals surface area contributed by atoms with Gasteiger partial charge in [-0.3, -0.25) is 0 Å². The van der Waals surface area contributed by atoms with Gasteiger partial charge in [0.15, 0.2) is 0 Å². The molecule has 0 atom stereocenters. The minimum absolute atomic E-state index is 0.160. The summed E-state index contributed by atoms with van der Waals surface area (Å²) in [4.78, 5) is 13.2. The number of nitrogens with zero attached hydrogens (tertiary/aromatic N) is 4. The fourth-order valence-corrected chi connectivity index (χ4v) is 3.45. The summed E-state index contributed by atoms with van der Waals surface area (Å²) in [6.45, 7) is 1.82. The number of hydrogen-bond acceptors (Lipinski definition) is 8. The van der Waals surface area contributed by atoms with E-state index in [1.165, 1.54) is 6.21 Å². The average molecular weight is 490 g/mol. The zero-order valence-corrected chi connectivity index (χ0v) is 18.7. The molecule has 8 nitrogen and oxygen atoms in total. The molecule has 0 unspecified atom stereocenters. The van der Waals surface area contributed by atoms with Crippen LogP contribution in [0.2, 0.25) is 0 Å². The molecule has 9 heteroatoms. The second kappa shape index (κ2) is 9.88. The zero-order chi connectivity index (χ0) is 22.3. The Labute approximate surface area is 193 Å². The summed E-state index contributed by atoms with van der Waals surface area (Å²) in [6.07, 6.45) is 1.51. The van der Waals surface area contributed by atoms with Gasteiger partial charge in [0.2, 0.25) is 17.8 Å². The number of aromatic hydroxyl groups is 1. The molecule has 4 N–H and O–H groups in total. The Kier molecular flexibility index (Phi) is 6.57. The zero-order valence-electron chi connectivity index (χ0n) is 17.1. The molecule has 1 aromatic heterocycles. The molecular weight excluding hydrogens is 470 g/mol. The van der Waals surface area contributed by atoms with Crippen LogP contribution in [0.15, 0.2) is 82.4 Å². The predicted molar refractivity (Wildman–Crippen MR) is 131 cm³/mol. The Morgan fingerprint density at radius 1 is 0.812 bits per heavy atom. The van der Waals surface area contributed by atoms with Crippen LogP contribution >= 0.6 is 15.9 Å². The van der Waals surface area contributed by atoms with Crippen molar-refractivity contribution in [2.24, 2.45) is 5.10 Å². The molecule has 160 valence electrons. The van der Waals surface area contributed by atoms with E-state index in [-0.39, 0.29) is 11.7 Å². The maximum Gasteiger partial charge on any atom is 0.250 e. The molecule has 32 heavy (non-hydrogen) atoms. The number of halogens is 1. The molecule has 0 saturated heterocycles. The number of para-hydroxylation sites is 2. The topological polar surface area (TPSA) is 107 Å². The van der Waals surface area contributed by atoms with Crippen LogP contribution in [0.3, 0.4) is 0 Å². The van der Waals surface area contributed by atoms with Crippen LogP contribution in [0.1, 0.15) is 11.1 Å². The van der Waals surface area contributed by atoms with Gasteiger partial charge in [0.25, 0.3) is 0 Å².